The van der Waals surface area contributed by atoms with Crippen LogP contribution in [0.1, 0.15) is 16.8 Å². The van der Waals surface area contributed by atoms with Crippen LogP contribution in [0, 0.1) is 13.8 Å². The molecule has 0 radical (unpaired) electrons. The largest absolute Gasteiger partial charge is 0.455 e. The zero-order valence-corrected chi connectivity index (χ0v) is 21.0. The number of hydrogen-bond donors (Lipinski definition) is 2. The van der Waals surface area contributed by atoms with Crippen LogP contribution in [0.15, 0.2) is 63.5 Å². The number of aromatic nitrogens is 3. The van der Waals surface area contributed by atoms with Gasteiger partial charge >= 0.3 is 0 Å². The van der Waals surface area contributed by atoms with Crippen LogP contribution in [-0.4, -0.2) is 34.2 Å². The number of nitrogens with one attached hydrogen (secondary N) is 1. The van der Waals surface area contributed by atoms with Crippen molar-refractivity contribution in [1.29, 1.82) is 0 Å². The Morgan fingerprint density at radius 3 is 2.47 bits per heavy atom. The maximum atomic E-state index is 13.0. The van der Waals surface area contributed by atoms with E-state index in [1.165, 1.54) is 21.4 Å². The molecule has 0 aliphatic heterocycles. The molecule has 9 nitrogen and oxygen atoms in total. The van der Waals surface area contributed by atoms with Crippen molar-refractivity contribution in [2.24, 2.45) is 24.8 Å². The molecule has 0 atom stereocenters. The lowest BCUT2D eigenvalue weighted by molar-refractivity contribution is 0.209. The van der Waals surface area contributed by atoms with E-state index in [0.29, 0.717) is 39.0 Å². The van der Waals surface area contributed by atoms with E-state index in [1.807, 2.05) is 38.1 Å². The summed E-state index contributed by atoms with van der Waals surface area (Å²) in [5, 5.41) is 0.632. The van der Waals surface area contributed by atoms with E-state index in [9.17, 15) is 9.59 Å². The molecule has 3 N–H and O–H groups in total. The minimum atomic E-state index is -0.216. The summed E-state index contributed by atoms with van der Waals surface area (Å²) < 4.78 is 14.3. The van der Waals surface area contributed by atoms with Gasteiger partial charge in [0.25, 0.3) is 11.1 Å². The van der Waals surface area contributed by atoms with E-state index in [-0.39, 0.29) is 17.8 Å². The molecule has 0 aliphatic rings. The second-order valence-corrected chi connectivity index (χ2v) is 8.61. The van der Waals surface area contributed by atoms with Gasteiger partial charge in [-0.05, 0) is 31.0 Å². The number of H-pyrrole nitrogens is 1. The molecule has 36 heavy (non-hydrogen) atoms. The summed E-state index contributed by atoms with van der Waals surface area (Å²) in [5.74, 6) is 1.21. The summed E-state index contributed by atoms with van der Waals surface area (Å²) in [4.78, 5) is 33.1. The lowest BCUT2D eigenvalue weighted by Gasteiger charge is -2.17. The highest BCUT2D eigenvalue weighted by atomic mass is 16.5. The Labute approximate surface area is 208 Å². The monoisotopic (exact) mass is 487 g/mol. The van der Waals surface area contributed by atoms with Gasteiger partial charge in [-0.1, -0.05) is 18.2 Å². The van der Waals surface area contributed by atoms with E-state index in [1.54, 1.807) is 39.8 Å². The van der Waals surface area contributed by atoms with Crippen molar-refractivity contribution in [3.8, 4) is 22.6 Å². The SMILES string of the molecule is COCN=CC(=CN)c1cc2c(-c3cc(=O)n(C)cc3Oc3c(C)cccc3C)cn(C)c(=O)c2[nH]1. The third kappa shape index (κ3) is 4.60. The highest BCUT2D eigenvalue weighted by molar-refractivity contribution is 6.11. The Bertz CT molecular complexity index is 1600. The molecule has 0 fully saturated rings. The number of ether oxygens (including phenoxy) is 2. The lowest BCUT2D eigenvalue weighted by atomic mass is 10.0. The average molecular weight is 488 g/mol. The highest BCUT2D eigenvalue weighted by Gasteiger charge is 2.19. The fourth-order valence-electron chi connectivity index (χ4n) is 4.08. The Morgan fingerprint density at radius 1 is 1.08 bits per heavy atom. The average Bonchev–Trinajstić information content (AvgIpc) is 3.29. The third-order valence-corrected chi connectivity index (χ3v) is 5.99. The molecule has 0 bridgehead atoms. The zero-order valence-electron chi connectivity index (χ0n) is 21.0. The van der Waals surface area contributed by atoms with Gasteiger partial charge < -0.3 is 29.3 Å². The van der Waals surface area contributed by atoms with Gasteiger partial charge in [0.05, 0.1) is 6.20 Å². The number of nitrogens with two attached hydrogens (primary N) is 1. The maximum absolute atomic E-state index is 13.0. The van der Waals surface area contributed by atoms with Crippen molar-refractivity contribution in [1.82, 2.24) is 14.1 Å². The number of para-hydroxylation sites is 1. The van der Waals surface area contributed by atoms with Gasteiger partial charge in [0.2, 0.25) is 0 Å². The Balaban J connectivity index is 1.96. The summed E-state index contributed by atoms with van der Waals surface area (Å²) in [6, 6.07) is 9.26. The summed E-state index contributed by atoms with van der Waals surface area (Å²) in [7, 11) is 4.88. The van der Waals surface area contributed by atoms with Gasteiger partial charge in [0.1, 0.15) is 18.0 Å². The first-order valence-electron chi connectivity index (χ1n) is 11.3. The first kappa shape index (κ1) is 24.7. The second-order valence-electron chi connectivity index (χ2n) is 8.61. The van der Waals surface area contributed by atoms with E-state index in [2.05, 4.69) is 9.98 Å². The Hall–Kier alpha value is -4.37. The summed E-state index contributed by atoms with van der Waals surface area (Å²) in [6.07, 6.45) is 6.35. The van der Waals surface area contributed by atoms with Crippen LogP contribution in [0.2, 0.25) is 0 Å². The number of aromatic amines is 1. The number of methoxy groups -OCH3 is 1. The van der Waals surface area contributed by atoms with E-state index in [4.69, 9.17) is 15.2 Å². The van der Waals surface area contributed by atoms with Crippen LogP contribution in [0.25, 0.3) is 27.6 Å². The number of aryl methyl sites for hydroxylation is 4. The number of aliphatic imine (C=N–C) groups is 1. The number of allylic oxidation sites excluding steroid dienone is 1. The highest BCUT2D eigenvalue weighted by Crippen LogP contribution is 2.38. The van der Waals surface area contributed by atoms with E-state index in [0.717, 1.165) is 16.9 Å². The smallest absolute Gasteiger partial charge is 0.274 e. The summed E-state index contributed by atoms with van der Waals surface area (Å²) in [6.45, 7) is 4.12. The van der Waals surface area contributed by atoms with Crippen molar-refractivity contribution in [3.63, 3.8) is 0 Å². The van der Waals surface area contributed by atoms with Gasteiger partial charge in [-0.2, -0.15) is 0 Å². The van der Waals surface area contributed by atoms with Crippen molar-refractivity contribution >= 4 is 22.7 Å². The molecule has 4 rings (SSSR count). The summed E-state index contributed by atoms with van der Waals surface area (Å²) in [5.41, 5.74) is 10.2. The van der Waals surface area contributed by atoms with Crippen molar-refractivity contribution < 1.29 is 9.47 Å². The fraction of sp³-hybridized carbons (Fsp3) is 0.222. The number of pyridine rings is 2. The molecule has 0 amide bonds. The Morgan fingerprint density at radius 2 is 1.81 bits per heavy atom. The molecule has 1 aromatic carbocycles. The normalized spacial score (nSPS) is 12.1. The number of nitrogens with zero attached hydrogens (tertiary/aromatic N) is 3. The predicted octanol–water partition coefficient (Wildman–Crippen LogP) is 3.62. The fourth-order valence-corrected chi connectivity index (χ4v) is 4.08. The Kier molecular flexibility index (Phi) is 6.93. The van der Waals surface area contributed by atoms with Crippen LogP contribution < -0.4 is 21.6 Å². The first-order valence-corrected chi connectivity index (χ1v) is 11.3. The molecule has 4 aromatic rings. The second kappa shape index (κ2) is 10.1. The van der Waals surface area contributed by atoms with Crippen LogP contribution >= 0.6 is 0 Å². The van der Waals surface area contributed by atoms with Gasteiger partial charge in [0.15, 0.2) is 5.75 Å². The van der Waals surface area contributed by atoms with Crippen LogP contribution in [-0.2, 0) is 18.8 Å². The molecule has 186 valence electrons. The molecule has 9 heteroatoms. The van der Waals surface area contributed by atoms with Gasteiger partial charge in [-0.15, -0.1) is 0 Å². The molecular weight excluding hydrogens is 458 g/mol. The molecular formula is C27H29N5O4. The molecule has 0 saturated heterocycles. The number of benzene rings is 1. The van der Waals surface area contributed by atoms with Crippen LogP contribution in [0.4, 0.5) is 0 Å². The molecule has 0 aliphatic carbocycles. The first-order chi connectivity index (χ1) is 17.2. The van der Waals surface area contributed by atoms with E-state index < -0.39 is 0 Å². The number of fused-ring (bicyclic) bond motifs is 1. The van der Waals surface area contributed by atoms with E-state index >= 15 is 0 Å². The van der Waals surface area contributed by atoms with Crippen molar-refractivity contribution in [3.05, 3.63) is 86.5 Å². The van der Waals surface area contributed by atoms with Crippen LogP contribution in [0.5, 0.6) is 11.5 Å². The molecule has 3 aromatic heterocycles. The van der Waals surface area contributed by atoms with Gasteiger partial charge in [-0.3, -0.25) is 14.6 Å². The molecule has 0 saturated carbocycles. The minimum Gasteiger partial charge on any atom is -0.455 e. The summed E-state index contributed by atoms with van der Waals surface area (Å²) >= 11 is 0. The molecule has 3 heterocycles. The third-order valence-electron chi connectivity index (χ3n) is 5.99. The topological polar surface area (TPSA) is 117 Å². The van der Waals surface area contributed by atoms with Crippen molar-refractivity contribution in [2.75, 3.05) is 13.8 Å². The van der Waals surface area contributed by atoms with Crippen molar-refractivity contribution in [2.45, 2.75) is 13.8 Å². The van der Waals surface area contributed by atoms with Gasteiger partial charge in [-0.25, -0.2) is 0 Å². The zero-order chi connectivity index (χ0) is 26.0. The lowest BCUT2D eigenvalue weighted by Crippen LogP contribution is -2.18. The minimum absolute atomic E-state index is 0.177. The standard InChI is InChI=1S/C27H29N5O4/c1-16-7-6-8-17(2)26(16)36-23-14-31(3)24(33)10-19(23)21-13-32(4)27(34)25-20(21)9-22(30-25)18(11-28)12-29-15-35-5/h6-14,30H,15,28H2,1-5H3. The maximum Gasteiger partial charge on any atom is 0.274 e. The quantitative estimate of drug-likeness (QED) is 0.386. The van der Waals surface area contributed by atoms with Gasteiger partial charge in [0, 0.05) is 73.7 Å². The molecule has 0 spiro atoms. The number of rotatable bonds is 7. The molecule has 0 unspecified atom stereocenters. The number of hydrogen-bond acceptors (Lipinski definition) is 6. The van der Waals surface area contributed by atoms with Crippen LogP contribution in [0.3, 0.4) is 0 Å². The predicted molar refractivity (Wildman–Crippen MR) is 143 cm³/mol.